The standard InChI is InChI=1S/C24H24ClFN6O/c1-28-8-11-32(30-33)22-5-4-16(12-21(22)25)19-14-18(26)15-20(24(19)27)17-6-7-29-23(13-17)31-9-2-3-10-31/h4-8,11-15,28H,2-3,9-10,27H2,1H3/b11-8-. The summed E-state index contributed by atoms with van der Waals surface area (Å²) in [5.41, 5.74) is 9.85. The Balaban J connectivity index is 1.73. The van der Waals surface area contributed by atoms with Crippen molar-refractivity contribution >= 4 is 28.8 Å². The lowest BCUT2D eigenvalue weighted by atomic mass is 9.96. The van der Waals surface area contributed by atoms with Crippen LogP contribution in [0.1, 0.15) is 12.8 Å². The number of nitrogens with zero attached hydrogens (tertiary/aromatic N) is 4. The van der Waals surface area contributed by atoms with E-state index in [1.54, 1.807) is 37.6 Å². The molecule has 1 aromatic heterocycles. The quantitative estimate of drug-likeness (QED) is 0.269. The predicted octanol–water partition coefficient (Wildman–Crippen LogP) is 5.57. The first-order valence-corrected chi connectivity index (χ1v) is 11.0. The second-order valence-corrected chi connectivity index (χ2v) is 8.12. The highest BCUT2D eigenvalue weighted by Crippen LogP contribution is 2.39. The van der Waals surface area contributed by atoms with E-state index in [9.17, 15) is 9.30 Å². The van der Waals surface area contributed by atoms with Crippen molar-refractivity contribution < 1.29 is 4.39 Å². The van der Waals surface area contributed by atoms with Crippen molar-refractivity contribution in [3.05, 3.63) is 76.8 Å². The van der Waals surface area contributed by atoms with Crippen LogP contribution in [0.3, 0.4) is 0 Å². The Labute approximate surface area is 196 Å². The van der Waals surface area contributed by atoms with Gasteiger partial charge in [-0.15, -0.1) is 4.91 Å². The summed E-state index contributed by atoms with van der Waals surface area (Å²) in [6, 6.07) is 11.6. The number of nitrogens with two attached hydrogens (primary N) is 1. The van der Waals surface area contributed by atoms with Gasteiger partial charge in [-0.25, -0.2) is 14.4 Å². The smallest absolute Gasteiger partial charge is 0.129 e. The Bertz CT molecular complexity index is 1200. The number of rotatable bonds is 7. The minimum atomic E-state index is -0.415. The third-order valence-corrected chi connectivity index (χ3v) is 5.91. The molecular formula is C24H24ClFN6O. The summed E-state index contributed by atoms with van der Waals surface area (Å²) in [5.74, 6) is 0.445. The monoisotopic (exact) mass is 466 g/mol. The number of pyridine rings is 1. The van der Waals surface area contributed by atoms with E-state index in [0.29, 0.717) is 28.1 Å². The Hall–Kier alpha value is -3.65. The minimum Gasteiger partial charge on any atom is -0.398 e. The van der Waals surface area contributed by atoms with E-state index in [0.717, 1.165) is 42.3 Å². The predicted molar refractivity (Wildman–Crippen MR) is 132 cm³/mol. The largest absolute Gasteiger partial charge is 0.398 e. The number of halogens is 2. The number of hydrogen-bond donors (Lipinski definition) is 2. The van der Waals surface area contributed by atoms with Gasteiger partial charge in [-0.3, -0.25) is 0 Å². The molecule has 0 aliphatic carbocycles. The maximum absolute atomic E-state index is 14.7. The molecular weight excluding hydrogens is 443 g/mol. The average Bonchev–Trinajstić information content (AvgIpc) is 3.37. The lowest BCUT2D eigenvalue weighted by Gasteiger charge is -2.18. The van der Waals surface area contributed by atoms with Gasteiger partial charge in [0, 0.05) is 55.5 Å². The molecule has 0 bridgehead atoms. The molecule has 7 nitrogen and oxygen atoms in total. The van der Waals surface area contributed by atoms with Gasteiger partial charge in [-0.2, -0.15) is 0 Å². The lowest BCUT2D eigenvalue weighted by molar-refractivity contribution is 0.629. The summed E-state index contributed by atoms with van der Waals surface area (Å²) in [5, 5.41) is 7.12. The summed E-state index contributed by atoms with van der Waals surface area (Å²) in [7, 11) is 1.70. The SMILES string of the molecule is CN/C=C\N(N=O)c1ccc(-c2cc(F)cc(-c3ccnc(N4CCCC4)c3)c2N)cc1Cl. The zero-order valence-corrected chi connectivity index (χ0v) is 18.9. The number of nitrogens with one attached hydrogen (secondary N) is 1. The average molecular weight is 467 g/mol. The van der Waals surface area contributed by atoms with Gasteiger partial charge in [0.05, 0.1) is 16.0 Å². The van der Waals surface area contributed by atoms with E-state index < -0.39 is 5.82 Å². The van der Waals surface area contributed by atoms with Crippen LogP contribution >= 0.6 is 11.6 Å². The molecule has 9 heteroatoms. The van der Waals surface area contributed by atoms with Crippen molar-refractivity contribution in [3.8, 4) is 22.3 Å². The first kappa shape index (κ1) is 22.5. The minimum absolute atomic E-state index is 0.276. The Morgan fingerprint density at radius 2 is 1.85 bits per heavy atom. The molecule has 2 heterocycles. The molecule has 3 aromatic rings. The van der Waals surface area contributed by atoms with Gasteiger partial charge < -0.3 is 16.0 Å². The van der Waals surface area contributed by atoms with E-state index in [2.05, 4.69) is 20.5 Å². The maximum atomic E-state index is 14.7. The Morgan fingerprint density at radius 1 is 1.15 bits per heavy atom. The molecule has 1 aliphatic rings. The number of nitroso groups, excluding NO2 is 1. The number of nitrogen functional groups attached to an aromatic ring is 1. The highest BCUT2D eigenvalue weighted by molar-refractivity contribution is 6.33. The molecule has 1 aliphatic heterocycles. The van der Waals surface area contributed by atoms with Crippen molar-refractivity contribution in [1.82, 2.24) is 10.3 Å². The Kier molecular flexibility index (Phi) is 6.74. The molecule has 33 heavy (non-hydrogen) atoms. The van der Waals surface area contributed by atoms with Crippen LogP contribution in [0.4, 0.5) is 21.6 Å². The van der Waals surface area contributed by atoms with Crippen LogP contribution in [0.25, 0.3) is 22.3 Å². The summed E-state index contributed by atoms with van der Waals surface area (Å²) in [6.45, 7) is 1.92. The van der Waals surface area contributed by atoms with Gasteiger partial charge in [0.15, 0.2) is 0 Å². The first-order valence-electron chi connectivity index (χ1n) is 10.6. The molecule has 0 unspecified atom stereocenters. The van der Waals surface area contributed by atoms with Crippen LogP contribution in [0.15, 0.2) is 66.3 Å². The fourth-order valence-corrected chi connectivity index (χ4v) is 4.22. The van der Waals surface area contributed by atoms with E-state index in [4.69, 9.17) is 17.3 Å². The summed E-state index contributed by atoms with van der Waals surface area (Å²) < 4.78 is 14.7. The van der Waals surface area contributed by atoms with E-state index in [1.807, 2.05) is 12.1 Å². The molecule has 2 aromatic carbocycles. The topological polar surface area (TPSA) is 86.9 Å². The van der Waals surface area contributed by atoms with Crippen molar-refractivity contribution in [1.29, 1.82) is 0 Å². The number of aromatic nitrogens is 1. The van der Waals surface area contributed by atoms with Crippen LogP contribution in [-0.4, -0.2) is 25.1 Å². The third kappa shape index (κ3) is 4.75. The summed E-state index contributed by atoms with van der Waals surface area (Å²) >= 11 is 6.43. The molecule has 1 saturated heterocycles. The zero-order chi connectivity index (χ0) is 23.4. The van der Waals surface area contributed by atoms with Crippen molar-refractivity contribution in [2.45, 2.75) is 12.8 Å². The van der Waals surface area contributed by atoms with Crippen molar-refractivity contribution in [2.24, 2.45) is 5.29 Å². The molecule has 4 rings (SSSR count). The van der Waals surface area contributed by atoms with E-state index >= 15 is 0 Å². The second-order valence-electron chi connectivity index (χ2n) is 7.71. The zero-order valence-electron chi connectivity index (χ0n) is 18.1. The molecule has 0 radical (unpaired) electrons. The Morgan fingerprint density at radius 3 is 2.48 bits per heavy atom. The molecule has 0 atom stereocenters. The highest BCUT2D eigenvalue weighted by atomic mass is 35.5. The van der Waals surface area contributed by atoms with Gasteiger partial charge in [0.25, 0.3) is 0 Å². The number of anilines is 3. The normalized spacial score (nSPS) is 13.5. The fraction of sp³-hybridized carbons (Fsp3) is 0.208. The van der Waals surface area contributed by atoms with Crippen molar-refractivity contribution in [3.63, 3.8) is 0 Å². The lowest BCUT2D eigenvalue weighted by Crippen LogP contribution is -2.18. The maximum Gasteiger partial charge on any atom is 0.129 e. The first-order chi connectivity index (χ1) is 16.0. The molecule has 1 fully saturated rings. The molecule has 0 spiro atoms. The third-order valence-electron chi connectivity index (χ3n) is 5.61. The van der Waals surface area contributed by atoms with Crippen molar-refractivity contribution in [2.75, 3.05) is 35.8 Å². The highest BCUT2D eigenvalue weighted by Gasteiger charge is 2.18. The van der Waals surface area contributed by atoms with Gasteiger partial charge in [-0.1, -0.05) is 17.7 Å². The molecule has 170 valence electrons. The number of hydrogen-bond acceptors (Lipinski definition) is 6. The molecule has 0 saturated carbocycles. The van der Waals surface area contributed by atoms with Gasteiger partial charge >= 0.3 is 0 Å². The van der Waals surface area contributed by atoms with Gasteiger partial charge in [0.1, 0.15) is 11.6 Å². The molecule has 3 N–H and O–H groups in total. The summed E-state index contributed by atoms with van der Waals surface area (Å²) in [4.78, 5) is 17.9. The van der Waals surface area contributed by atoms with Crippen LogP contribution < -0.4 is 21.0 Å². The van der Waals surface area contributed by atoms with Crippen LogP contribution in [0.5, 0.6) is 0 Å². The van der Waals surface area contributed by atoms with Crippen LogP contribution in [0.2, 0.25) is 5.02 Å². The molecule has 0 amide bonds. The van der Waals surface area contributed by atoms with Crippen LogP contribution in [0, 0.1) is 10.7 Å². The summed E-state index contributed by atoms with van der Waals surface area (Å²) in [6.07, 6.45) is 6.99. The van der Waals surface area contributed by atoms with E-state index in [-0.39, 0.29) is 5.02 Å². The fourth-order valence-electron chi connectivity index (χ4n) is 3.96. The van der Waals surface area contributed by atoms with Gasteiger partial charge in [-0.05, 0) is 60.4 Å². The van der Waals surface area contributed by atoms with Gasteiger partial charge in [0.2, 0.25) is 0 Å². The second kappa shape index (κ2) is 9.87. The number of benzene rings is 2. The van der Waals surface area contributed by atoms with Crippen LogP contribution in [-0.2, 0) is 0 Å². The van der Waals surface area contributed by atoms with E-state index in [1.165, 1.54) is 18.3 Å².